The van der Waals surface area contributed by atoms with Gasteiger partial charge in [0.1, 0.15) is 0 Å². The summed E-state index contributed by atoms with van der Waals surface area (Å²) in [6.45, 7) is 13.8. The predicted octanol–water partition coefficient (Wildman–Crippen LogP) is 5.78. The zero-order valence-electron chi connectivity index (χ0n) is 17.5. The average Bonchev–Trinajstić information content (AvgIpc) is 2.53. The lowest BCUT2D eigenvalue weighted by Crippen LogP contribution is -2.00. The van der Waals surface area contributed by atoms with Crippen LogP contribution >= 0.6 is 0 Å². The fourth-order valence-electron chi connectivity index (χ4n) is 2.82. The molecule has 3 heteroatoms. The average molecular weight is 367 g/mol. The molecule has 2 rings (SSSR count). The van der Waals surface area contributed by atoms with Crippen LogP contribution in [-0.2, 0) is 9.53 Å². The Labute approximate surface area is 163 Å². The van der Waals surface area contributed by atoms with Crippen LogP contribution in [0.2, 0.25) is 0 Å². The highest BCUT2D eigenvalue weighted by Gasteiger charge is 2.02. The van der Waals surface area contributed by atoms with Crippen LogP contribution in [0.25, 0.3) is 5.57 Å². The highest BCUT2D eigenvalue weighted by Crippen LogP contribution is 2.17. The maximum Gasteiger partial charge on any atom is 0.331 e. The second kappa shape index (κ2) is 10.5. The van der Waals surface area contributed by atoms with Crippen molar-refractivity contribution in [1.29, 1.82) is 0 Å². The lowest BCUT2D eigenvalue weighted by molar-refractivity contribution is -0.137. The Morgan fingerprint density at radius 3 is 1.56 bits per heavy atom. The molecule has 0 spiro atoms. The number of rotatable bonds is 4. The molecule has 0 unspecified atom stereocenters. The fourth-order valence-corrected chi connectivity index (χ4v) is 2.82. The first-order chi connectivity index (χ1) is 12.6. The molecule has 0 saturated carbocycles. The molecule has 0 heterocycles. The zero-order chi connectivity index (χ0) is 20.6. The van der Waals surface area contributed by atoms with Crippen LogP contribution in [0.4, 0.5) is 0 Å². The molecule has 2 aromatic carbocycles. The van der Waals surface area contributed by atoms with Crippen LogP contribution < -0.4 is 0 Å². The monoisotopic (exact) mass is 366 g/mol. The van der Waals surface area contributed by atoms with Crippen molar-refractivity contribution in [2.75, 3.05) is 6.61 Å². The number of benzene rings is 2. The van der Waals surface area contributed by atoms with Crippen molar-refractivity contribution < 1.29 is 14.3 Å². The van der Waals surface area contributed by atoms with E-state index in [0.717, 1.165) is 27.8 Å². The largest absolute Gasteiger partial charge is 0.463 e. The van der Waals surface area contributed by atoms with E-state index in [1.807, 2.05) is 46.8 Å². The van der Waals surface area contributed by atoms with Gasteiger partial charge in [-0.05, 0) is 71.7 Å². The van der Waals surface area contributed by atoms with Gasteiger partial charge in [-0.3, -0.25) is 4.79 Å². The van der Waals surface area contributed by atoms with Gasteiger partial charge in [-0.1, -0.05) is 46.5 Å². The molecule has 0 atom stereocenters. The van der Waals surface area contributed by atoms with Gasteiger partial charge in [0.2, 0.25) is 0 Å². The van der Waals surface area contributed by atoms with E-state index in [4.69, 9.17) is 4.74 Å². The van der Waals surface area contributed by atoms with E-state index in [0.29, 0.717) is 6.61 Å². The molecule has 0 radical (unpaired) electrons. The lowest BCUT2D eigenvalue weighted by atomic mass is 10.0. The van der Waals surface area contributed by atoms with E-state index < -0.39 is 0 Å². The molecular weight excluding hydrogens is 336 g/mol. The topological polar surface area (TPSA) is 43.4 Å². The highest BCUT2D eigenvalue weighted by molar-refractivity contribution is 5.94. The Morgan fingerprint density at radius 2 is 1.19 bits per heavy atom. The molecule has 0 aliphatic carbocycles. The Balaban J connectivity index is 0.000000289. The summed E-state index contributed by atoms with van der Waals surface area (Å²) in [4.78, 5) is 22.2. The van der Waals surface area contributed by atoms with Crippen LogP contribution in [-0.4, -0.2) is 18.4 Å². The lowest BCUT2D eigenvalue weighted by Gasteiger charge is -2.05. The highest BCUT2D eigenvalue weighted by atomic mass is 16.5. The van der Waals surface area contributed by atoms with Crippen molar-refractivity contribution in [3.63, 3.8) is 0 Å². The van der Waals surface area contributed by atoms with Gasteiger partial charge in [0.15, 0.2) is 5.78 Å². The molecule has 0 saturated heterocycles. The van der Waals surface area contributed by atoms with E-state index in [-0.39, 0.29) is 11.8 Å². The molecule has 2 aromatic rings. The molecule has 0 aromatic heterocycles. The number of hydrogen-bond donors (Lipinski definition) is 0. The first-order valence-electron chi connectivity index (χ1n) is 9.15. The van der Waals surface area contributed by atoms with Crippen LogP contribution in [0.1, 0.15) is 58.9 Å². The molecule has 0 amide bonds. The number of ketones is 1. The summed E-state index contributed by atoms with van der Waals surface area (Å²) >= 11 is 0. The smallest absolute Gasteiger partial charge is 0.331 e. The third-order valence-electron chi connectivity index (χ3n) is 3.93. The van der Waals surface area contributed by atoms with Gasteiger partial charge in [-0.2, -0.15) is 0 Å². The molecule has 0 bridgehead atoms. The second-order valence-electron chi connectivity index (χ2n) is 6.89. The van der Waals surface area contributed by atoms with Crippen molar-refractivity contribution in [2.24, 2.45) is 0 Å². The SMILES string of the molecule is CC(=O)c1cc(C)cc(C)c1.CCOC(=O)/C=C(/C)c1cc(C)cc(C)c1. The number of carbonyl (C=O) groups excluding carboxylic acids is 2. The third-order valence-corrected chi connectivity index (χ3v) is 3.93. The summed E-state index contributed by atoms with van der Waals surface area (Å²) in [5.41, 5.74) is 7.52. The second-order valence-corrected chi connectivity index (χ2v) is 6.89. The molecule has 3 nitrogen and oxygen atoms in total. The Bertz CT molecular complexity index is 804. The quantitative estimate of drug-likeness (QED) is 0.391. The van der Waals surface area contributed by atoms with E-state index in [1.54, 1.807) is 13.8 Å². The van der Waals surface area contributed by atoms with Gasteiger partial charge in [0.25, 0.3) is 0 Å². The number of ether oxygens (including phenoxy) is 1. The van der Waals surface area contributed by atoms with Gasteiger partial charge in [0.05, 0.1) is 6.61 Å². The van der Waals surface area contributed by atoms with Crippen molar-refractivity contribution in [2.45, 2.75) is 48.5 Å². The summed E-state index contributed by atoms with van der Waals surface area (Å²) in [7, 11) is 0. The maximum atomic E-state index is 11.3. The van der Waals surface area contributed by atoms with Crippen LogP contribution in [0.3, 0.4) is 0 Å². The number of esters is 1. The summed E-state index contributed by atoms with van der Waals surface area (Å²) in [6.07, 6.45) is 1.54. The van der Waals surface area contributed by atoms with Crippen molar-refractivity contribution in [1.82, 2.24) is 0 Å². The molecule has 144 valence electrons. The minimum atomic E-state index is -0.279. The van der Waals surface area contributed by atoms with Gasteiger partial charge >= 0.3 is 5.97 Å². The molecular formula is C24H30O3. The van der Waals surface area contributed by atoms with E-state index in [2.05, 4.69) is 24.3 Å². The summed E-state index contributed by atoms with van der Waals surface area (Å²) in [5, 5.41) is 0. The van der Waals surface area contributed by atoms with Gasteiger partial charge in [-0.25, -0.2) is 4.79 Å². The Kier molecular flexibility index (Phi) is 8.67. The first kappa shape index (κ1) is 22.4. The number of Topliss-reactive ketones (excluding diaryl/α,β-unsaturated/α-hetero) is 1. The minimum Gasteiger partial charge on any atom is -0.463 e. The Morgan fingerprint density at radius 1 is 0.778 bits per heavy atom. The molecule has 0 aliphatic rings. The van der Waals surface area contributed by atoms with E-state index in [9.17, 15) is 9.59 Å². The number of aryl methyl sites for hydroxylation is 4. The van der Waals surface area contributed by atoms with E-state index >= 15 is 0 Å². The third kappa shape index (κ3) is 8.04. The van der Waals surface area contributed by atoms with Gasteiger partial charge in [-0.15, -0.1) is 0 Å². The van der Waals surface area contributed by atoms with Gasteiger partial charge in [0, 0.05) is 11.6 Å². The number of carbonyl (C=O) groups is 2. The van der Waals surface area contributed by atoms with Crippen molar-refractivity contribution >= 4 is 17.3 Å². The van der Waals surface area contributed by atoms with Crippen molar-refractivity contribution in [3.8, 4) is 0 Å². The summed E-state index contributed by atoms with van der Waals surface area (Å²) in [6, 6.07) is 12.1. The molecule has 0 aliphatic heterocycles. The molecule has 0 N–H and O–H groups in total. The Hall–Kier alpha value is -2.68. The van der Waals surface area contributed by atoms with Crippen LogP contribution in [0.5, 0.6) is 0 Å². The van der Waals surface area contributed by atoms with Crippen LogP contribution in [0.15, 0.2) is 42.5 Å². The first-order valence-corrected chi connectivity index (χ1v) is 9.15. The van der Waals surface area contributed by atoms with E-state index in [1.165, 1.54) is 17.2 Å². The summed E-state index contributed by atoms with van der Waals surface area (Å²) in [5.74, 6) is -0.143. The normalized spacial score (nSPS) is 10.7. The number of hydrogen-bond acceptors (Lipinski definition) is 3. The zero-order valence-corrected chi connectivity index (χ0v) is 17.5. The summed E-state index contributed by atoms with van der Waals surface area (Å²) < 4.78 is 4.88. The molecule has 0 fully saturated rings. The molecule has 27 heavy (non-hydrogen) atoms. The van der Waals surface area contributed by atoms with Crippen molar-refractivity contribution in [3.05, 3.63) is 75.9 Å². The standard InChI is InChI=1S/C14H18O2.C10H12O/c1-5-16-14(15)9-12(4)13-7-10(2)6-11(3)8-13;1-7-4-8(2)6-10(5-7)9(3)11/h6-9H,5H2,1-4H3;4-6H,1-3H3/b12-9-;. The number of allylic oxidation sites excluding steroid dienone is 1. The predicted molar refractivity (Wildman–Crippen MR) is 112 cm³/mol. The fraction of sp³-hybridized carbons (Fsp3) is 0.333. The van der Waals surface area contributed by atoms with Crippen LogP contribution in [0, 0.1) is 27.7 Å². The minimum absolute atomic E-state index is 0.136. The maximum absolute atomic E-state index is 11.3. The van der Waals surface area contributed by atoms with Gasteiger partial charge < -0.3 is 4.74 Å².